The maximum Gasteiger partial charge on any atom is 0.191 e. The molecule has 0 aromatic heterocycles. The lowest BCUT2D eigenvalue weighted by atomic mass is 10.1. The number of nitrogens with one attached hydrogen (secondary N) is 2. The highest BCUT2D eigenvalue weighted by Gasteiger charge is 2.23. The predicted molar refractivity (Wildman–Crippen MR) is 127 cm³/mol. The molecule has 1 aliphatic rings. The number of thioether (sulfide) groups is 1. The number of hydrogen-bond acceptors (Lipinski definition) is 3. The van der Waals surface area contributed by atoms with Crippen LogP contribution < -0.4 is 10.6 Å². The molecule has 1 atom stereocenters. The summed E-state index contributed by atoms with van der Waals surface area (Å²) in [6.45, 7) is 7.20. The second kappa shape index (κ2) is 14.6. The van der Waals surface area contributed by atoms with E-state index in [0.717, 1.165) is 25.6 Å². The lowest BCUT2D eigenvalue weighted by Gasteiger charge is -2.27. The molecule has 1 aromatic carbocycles. The maximum atomic E-state index is 4.90. The molecule has 1 fully saturated rings. The van der Waals surface area contributed by atoms with Crippen LogP contribution in [0.4, 0.5) is 0 Å². The number of likely N-dealkylation sites (tertiary alicyclic amines) is 1. The fourth-order valence-electron chi connectivity index (χ4n) is 3.26. The molecule has 0 spiro atoms. The third-order valence-corrected chi connectivity index (χ3v) is 5.30. The fourth-order valence-corrected chi connectivity index (χ4v) is 3.75. The second-order valence-corrected chi connectivity index (χ2v) is 7.50. The van der Waals surface area contributed by atoms with Crippen LogP contribution in [0.15, 0.2) is 35.3 Å². The van der Waals surface area contributed by atoms with Gasteiger partial charge in [-0.05, 0) is 63.3 Å². The number of benzene rings is 1. The average molecular weight is 490 g/mol. The molecule has 0 bridgehead atoms. The van der Waals surface area contributed by atoms with Crippen LogP contribution in [0, 0.1) is 0 Å². The Balaban J connectivity index is 0.00000338. The summed E-state index contributed by atoms with van der Waals surface area (Å²) in [7, 11) is 0. The second-order valence-electron chi connectivity index (χ2n) is 6.52. The first-order chi connectivity index (χ1) is 12.3. The summed E-state index contributed by atoms with van der Waals surface area (Å²) in [6, 6.07) is 11.2. The zero-order chi connectivity index (χ0) is 17.7. The van der Waals surface area contributed by atoms with Gasteiger partial charge in [0.25, 0.3) is 0 Å². The van der Waals surface area contributed by atoms with E-state index in [1.807, 2.05) is 11.8 Å². The van der Waals surface area contributed by atoms with Gasteiger partial charge in [-0.15, -0.1) is 24.0 Å². The molecule has 0 amide bonds. The predicted octanol–water partition coefficient (Wildman–Crippen LogP) is 4.14. The van der Waals surface area contributed by atoms with E-state index in [-0.39, 0.29) is 24.0 Å². The van der Waals surface area contributed by atoms with Gasteiger partial charge in [-0.2, -0.15) is 11.8 Å². The molecular formula is C20H35IN4S. The Kier molecular flexibility index (Phi) is 13.2. The molecule has 0 aliphatic carbocycles. The molecule has 148 valence electrons. The Labute approximate surface area is 181 Å². The van der Waals surface area contributed by atoms with Crippen molar-refractivity contribution in [2.45, 2.75) is 38.6 Å². The van der Waals surface area contributed by atoms with Crippen molar-refractivity contribution in [3.05, 3.63) is 35.9 Å². The van der Waals surface area contributed by atoms with E-state index in [2.05, 4.69) is 59.0 Å². The zero-order valence-electron chi connectivity index (χ0n) is 16.2. The van der Waals surface area contributed by atoms with E-state index in [1.54, 1.807) is 0 Å². The Hall–Kier alpha value is -0.470. The van der Waals surface area contributed by atoms with Gasteiger partial charge in [-0.25, -0.2) is 0 Å². The Morgan fingerprint density at radius 2 is 1.88 bits per heavy atom. The van der Waals surface area contributed by atoms with Crippen molar-refractivity contribution in [1.82, 2.24) is 15.5 Å². The first-order valence-corrected chi connectivity index (χ1v) is 11.0. The van der Waals surface area contributed by atoms with Crippen LogP contribution in [0.3, 0.4) is 0 Å². The maximum absolute atomic E-state index is 4.90. The van der Waals surface area contributed by atoms with Crippen LogP contribution >= 0.6 is 35.7 Å². The summed E-state index contributed by atoms with van der Waals surface area (Å²) in [5.74, 6) is 2.19. The molecule has 1 saturated heterocycles. The number of unbranched alkanes of at least 4 members (excludes halogenated alkanes) is 1. The van der Waals surface area contributed by atoms with Gasteiger partial charge in [0.05, 0.1) is 12.6 Å². The molecule has 6 heteroatoms. The highest BCUT2D eigenvalue weighted by Crippen LogP contribution is 2.25. The molecule has 1 heterocycles. The topological polar surface area (TPSA) is 39.7 Å². The normalized spacial score (nSPS) is 16.2. The van der Waals surface area contributed by atoms with Gasteiger partial charge < -0.3 is 10.6 Å². The Morgan fingerprint density at radius 1 is 1.15 bits per heavy atom. The number of nitrogens with zero attached hydrogens (tertiary/aromatic N) is 2. The number of aliphatic imine (C=N–C) groups is 1. The lowest BCUT2D eigenvalue weighted by molar-refractivity contribution is 0.251. The van der Waals surface area contributed by atoms with Crippen molar-refractivity contribution < 1.29 is 0 Å². The van der Waals surface area contributed by atoms with Crippen LogP contribution in [0.5, 0.6) is 0 Å². The van der Waals surface area contributed by atoms with Gasteiger partial charge in [-0.3, -0.25) is 9.89 Å². The molecular weight excluding hydrogens is 455 g/mol. The molecule has 1 aromatic rings. The quantitative estimate of drug-likeness (QED) is 0.224. The molecule has 2 rings (SSSR count). The van der Waals surface area contributed by atoms with Crippen molar-refractivity contribution in [2.24, 2.45) is 4.99 Å². The first kappa shape index (κ1) is 23.6. The van der Waals surface area contributed by atoms with Gasteiger partial charge in [0.1, 0.15) is 0 Å². The minimum Gasteiger partial charge on any atom is -0.357 e. The zero-order valence-corrected chi connectivity index (χ0v) is 19.4. The van der Waals surface area contributed by atoms with Gasteiger partial charge in [0, 0.05) is 13.1 Å². The van der Waals surface area contributed by atoms with E-state index in [0.29, 0.717) is 6.04 Å². The standard InChI is InChI=1S/C20H34N4S.HI/c1-3-21-20(22-13-7-10-16-25-2)23-17-19(24-14-8-9-15-24)18-11-5-4-6-12-18;/h4-6,11-12,19H,3,7-10,13-17H2,1-2H3,(H2,21,22,23);1H. The van der Waals surface area contributed by atoms with E-state index < -0.39 is 0 Å². The van der Waals surface area contributed by atoms with E-state index >= 15 is 0 Å². The molecule has 26 heavy (non-hydrogen) atoms. The fraction of sp³-hybridized carbons (Fsp3) is 0.650. The molecule has 1 aliphatic heterocycles. The summed E-state index contributed by atoms with van der Waals surface area (Å²) in [5, 5.41) is 6.87. The summed E-state index contributed by atoms with van der Waals surface area (Å²) in [6.07, 6.45) is 7.23. The van der Waals surface area contributed by atoms with Crippen LogP contribution in [-0.2, 0) is 0 Å². The van der Waals surface area contributed by atoms with Crippen molar-refractivity contribution in [1.29, 1.82) is 0 Å². The van der Waals surface area contributed by atoms with E-state index in [4.69, 9.17) is 4.99 Å². The molecule has 1 unspecified atom stereocenters. The monoisotopic (exact) mass is 490 g/mol. The van der Waals surface area contributed by atoms with Crippen LogP contribution in [-0.4, -0.2) is 55.6 Å². The van der Waals surface area contributed by atoms with Crippen molar-refractivity contribution in [3.63, 3.8) is 0 Å². The Morgan fingerprint density at radius 3 is 2.54 bits per heavy atom. The largest absolute Gasteiger partial charge is 0.357 e. The summed E-state index contributed by atoms with van der Waals surface area (Å²) in [5.41, 5.74) is 1.38. The number of hydrogen-bond donors (Lipinski definition) is 2. The van der Waals surface area contributed by atoms with Gasteiger partial charge in [0.2, 0.25) is 0 Å². The third-order valence-electron chi connectivity index (χ3n) is 4.60. The molecule has 2 N–H and O–H groups in total. The van der Waals surface area contributed by atoms with Gasteiger partial charge in [-0.1, -0.05) is 30.3 Å². The van der Waals surface area contributed by atoms with Gasteiger partial charge in [0.15, 0.2) is 5.96 Å². The van der Waals surface area contributed by atoms with Crippen molar-refractivity contribution in [3.8, 4) is 0 Å². The smallest absolute Gasteiger partial charge is 0.191 e. The summed E-state index contributed by atoms with van der Waals surface area (Å²) in [4.78, 5) is 7.48. The molecule has 0 saturated carbocycles. The number of halogens is 1. The van der Waals surface area contributed by atoms with Crippen molar-refractivity contribution >= 4 is 41.7 Å². The SMILES string of the molecule is CCNC(=NCC(c1ccccc1)N1CCCC1)NCCCCSC.I. The minimum absolute atomic E-state index is 0. The lowest BCUT2D eigenvalue weighted by Crippen LogP contribution is -2.38. The third kappa shape index (κ3) is 8.48. The first-order valence-electron chi connectivity index (χ1n) is 9.65. The summed E-state index contributed by atoms with van der Waals surface area (Å²) < 4.78 is 0. The number of guanidine groups is 1. The highest BCUT2D eigenvalue weighted by atomic mass is 127. The van der Waals surface area contributed by atoms with Crippen LogP contribution in [0.25, 0.3) is 0 Å². The van der Waals surface area contributed by atoms with Crippen molar-refractivity contribution in [2.75, 3.05) is 44.7 Å². The van der Waals surface area contributed by atoms with Crippen LogP contribution in [0.2, 0.25) is 0 Å². The molecule has 0 radical (unpaired) electrons. The summed E-state index contributed by atoms with van der Waals surface area (Å²) >= 11 is 1.92. The number of rotatable bonds is 10. The Bertz CT molecular complexity index is 492. The molecule has 4 nitrogen and oxygen atoms in total. The highest BCUT2D eigenvalue weighted by molar-refractivity contribution is 14.0. The van der Waals surface area contributed by atoms with Gasteiger partial charge >= 0.3 is 0 Å². The minimum atomic E-state index is 0. The van der Waals surface area contributed by atoms with E-state index in [9.17, 15) is 0 Å². The van der Waals surface area contributed by atoms with E-state index in [1.165, 1.54) is 50.1 Å². The van der Waals surface area contributed by atoms with Crippen LogP contribution in [0.1, 0.15) is 44.2 Å². The average Bonchev–Trinajstić information content (AvgIpc) is 3.17.